The summed E-state index contributed by atoms with van der Waals surface area (Å²) < 4.78 is 0. The predicted molar refractivity (Wildman–Crippen MR) is 65.0 cm³/mol. The molecule has 1 atom stereocenters. The van der Waals surface area contributed by atoms with Gasteiger partial charge in [0.15, 0.2) is 0 Å². The number of nitrogens with one attached hydrogen (secondary N) is 3. The van der Waals surface area contributed by atoms with Crippen molar-refractivity contribution in [3.05, 3.63) is 34.2 Å². The van der Waals surface area contributed by atoms with E-state index < -0.39 is 0 Å². The molecule has 2 rings (SSSR count). The van der Waals surface area contributed by atoms with Crippen molar-refractivity contribution in [2.75, 3.05) is 13.1 Å². The lowest BCUT2D eigenvalue weighted by atomic mass is 10.1. The second kappa shape index (κ2) is 5.63. The van der Waals surface area contributed by atoms with Crippen molar-refractivity contribution >= 4 is 5.91 Å². The summed E-state index contributed by atoms with van der Waals surface area (Å²) in [5.41, 5.74) is 0.292. The SMILES string of the molecule is O=C(NCC[C@@H]1CCCN1)c1ccc(=O)[nH]c1. The maximum Gasteiger partial charge on any atom is 0.252 e. The molecule has 2 heterocycles. The number of carbonyl (C=O) groups is 1. The summed E-state index contributed by atoms with van der Waals surface area (Å²) in [6.45, 7) is 1.74. The molecule has 3 N–H and O–H groups in total. The number of amides is 1. The van der Waals surface area contributed by atoms with Gasteiger partial charge in [0.1, 0.15) is 0 Å². The third-order valence-corrected chi connectivity index (χ3v) is 2.99. The number of rotatable bonds is 4. The minimum absolute atomic E-state index is 0.140. The topological polar surface area (TPSA) is 74.0 Å². The minimum Gasteiger partial charge on any atom is -0.352 e. The molecular formula is C12H17N3O2. The molecule has 1 aromatic heterocycles. The van der Waals surface area contributed by atoms with E-state index in [0.29, 0.717) is 18.2 Å². The number of hydrogen-bond donors (Lipinski definition) is 3. The van der Waals surface area contributed by atoms with Crippen LogP contribution in [0, 0.1) is 0 Å². The summed E-state index contributed by atoms with van der Waals surface area (Å²) in [6.07, 6.45) is 4.80. The first kappa shape index (κ1) is 11.9. The van der Waals surface area contributed by atoms with E-state index >= 15 is 0 Å². The highest BCUT2D eigenvalue weighted by Gasteiger charge is 2.13. The average molecular weight is 235 g/mol. The number of carbonyl (C=O) groups excluding carboxylic acids is 1. The monoisotopic (exact) mass is 235 g/mol. The normalized spacial score (nSPS) is 19.2. The lowest BCUT2D eigenvalue weighted by molar-refractivity contribution is 0.0952. The fraction of sp³-hybridized carbons (Fsp3) is 0.500. The molecule has 0 bridgehead atoms. The van der Waals surface area contributed by atoms with Gasteiger partial charge in [0.25, 0.3) is 5.91 Å². The van der Waals surface area contributed by atoms with Crippen LogP contribution in [0.15, 0.2) is 23.1 Å². The summed E-state index contributed by atoms with van der Waals surface area (Å²) in [4.78, 5) is 25.0. The lowest BCUT2D eigenvalue weighted by Gasteiger charge is -2.10. The molecule has 5 nitrogen and oxygen atoms in total. The van der Waals surface area contributed by atoms with Crippen LogP contribution in [-0.4, -0.2) is 30.0 Å². The molecule has 0 radical (unpaired) electrons. The van der Waals surface area contributed by atoms with Gasteiger partial charge in [-0.25, -0.2) is 0 Å². The second-order valence-electron chi connectivity index (χ2n) is 4.28. The summed E-state index contributed by atoms with van der Waals surface area (Å²) in [6, 6.07) is 3.42. The van der Waals surface area contributed by atoms with Crippen molar-refractivity contribution in [2.45, 2.75) is 25.3 Å². The van der Waals surface area contributed by atoms with E-state index in [1.165, 1.54) is 31.2 Å². The highest BCUT2D eigenvalue weighted by Crippen LogP contribution is 2.07. The Bertz CT molecular complexity index is 415. The van der Waals surface area contributed by atoms with Crippen molar-refractivity contribution in [1.82, 2.24) is 15.6 Å². The van der Waals surface area contributed by atoms with E-state index in [1.54, 1.807) is 0 Å². The fourth-order valence-corrected chi connectivity index (χ4v) is 2.02. The van der Waals surface area contributed by atoms with Crippen LogP contribution in [0.1, 0.15) is 29.6 Å². The molecule has 5 heteroatoms. The van der Waals surface area contributed by atoms with Gasteiger partial charge < -0.3 is 15.6 Å². The zero-order valence-electron chi connectivity index (χ0n) is 9.66. The van der Waals surface area contributed by atoms with E-state index in [2.05, 4.69) is 15.6 Å². The van der Waals surface area contributed by atoms with E-state index in [-0.39, 0.29) is 11.5 Å². The Morgan fingerprint density at radius 3 is 3.00 bits per heavy atom. The highest BCUT2D eigenvalue weighted by atomic mass is 16.1. The molecule has 1 amide bonds. The second-order valence-corrected chi connectivity index (χ2v) is 4.28. The van der Waals surface area contributed by atoms with Gasteiger partial charge in [-0.15, -0.1) is 0 Å². The molecule has 1 saturated heterocycles. The van der Waals surface area contributed by atoms with Gasteiger partial charge in [0, 0.05) is 24.8 Å². The Hall–Kier alpha value is -1.62. The van der Waals surface area contributed by atoms with Gasteiger partial charge in [-0.1, -0.05) is 0 Å². The summed E-state index contributed by atoms with van der Waals surface area (Å²) in [5, 5.41) is 6.22. The van der Waals surface area contributed by atoms with Gasteiger partial charge in [-0.2, -0.15) is 0 Å². The van der Waals surface area contributed by atoms with Crippen LogP contribution in [0.4, 0.5) is 0 Å². The number of aromatic nitrogens is 1. The van der Waals surface area contributed by atoms with Gasteiger partial charge in [0.2, 0.25) is 5.56 Å². The first-order valence-corrected chi connectivity index (χ1v) is 5.96. The molecule has 92 valence electrons. The Labute approximate surface area is 99.6 Å². The zero-order valence-corrected chi connectivity index (χ0v) is 9.66. The third-order valence-electron chi connectivity index (χ3n) is 2.99. The molecule has 1 fully saturated rings. The van der Waals surface area contributed by atoms with Crippen LogP contribution in [-0.2, 0) is 0 Å². The molecule has 1 aromatic rings. The van der Waals surface area contributed by atoms with Crippen molar-refractivity contribution in [3.63, 3.8) is 0 Å². The first-order chi connectivity index (χ1) is 8.25. The van der Waals surface area contributed by atoms with Gasteiger partial charge in [0.05, 0.1) is 5.56 Å². The number of hydrogen-bond acceptors (Lipinski definition) is 3. The average Bonchev–Trinajstić information content (AvgIpc) is 2.83. The number of pyridine rings is 1. The Morgan fingerprint density at radius 2 is 2.35 bits per heavy atom. The summed E-state index contributed by atoms with van der Waals surface area (Å²) in [7, 11) is 0. The van der Waals surface area contributed by atoms with Gasteiger partial charge in [-0.05, 0) is 31.9 Å². The van der Waals surface area contributed by atoms with Crippen LogP contribution in [0.3, 0.4) is 0 Å². The summed E-state index contributed by atoms with van der Waals surface area (Å²) in [5.74, 6) is -0.140. The lowest BCUT2D eigenvalue weighted by Crippen LogP contribution is -2.30. The Kier molecular flexibility index (Phi) is 3.93. The highest BCUT2D eigenvalue weighted by molar-refractivity contribution is 5.93. The van der Waals surface area contributed by atoms with Crippen LogP contribution in [0.25, 0.3) is 0 Å². The molecule has 0 spiro atoms. The van der Waals surface area contributed by atoms with Crippen molar-refractivity contribution in [3.8, 4) is 0 Å². The Morgan fingerprint density at radius 1 is 1.47 bits per heavy atom. The molecule has 0 unspecified atom stereocenters. The fourth-order valence-electron chi connectivity index (χ4n) is 2.02. The van der Waals surface area contributed by atoms with Gasteiger partial charge in [-0.3, -0.25) is 9.59 Å². The maximum absolute atomic E-state index is 11.7. The van der Waals surface area contributed by atoms with E-state index in [4.69, 9.17) is 0 Å². The molecular weight excluding hydrogens is 218 g/mol. The Balaban J connectivity index is 1.76. The molecule has 0 aliphatic carbocycles. The first-order valence-electron chi connectivity index (χ1n) is 5.96. The number of H-pyrrole nitrogens is 1. The van der Waals surface area contributed by atoms with E-state index in [1.807, 2.05) is 0 Å². The quantitative estimate of drug-likeness (QED) is 0.700. The van der Waals surface area contributed by atoms with E-state index in [9.17, 15) is 9.59 Å². The van der Waals surface area contributed by atoms with Crippen LogP contribution in [0.5, 0.6) is 0 Å². The van der Waals surface area contributed by atoms with Crippen molar-refractivity contribution < 1.29 is 4.79 Å². The molecule has 0 saturated carbocycles. The van der Waals surface area contributed by atoms with Gasteiger partial charge >= 0.3 is 0 Å². The molecule has 1 aliphatic heterocycles. The number of aromatic amines is 1. The van der Waals surface area contributed by atoms with Crippen LogP contribution < -0.4 is 16.2 Å². The van der Waals surface area contributed by atoms with Crippen LogP contribution >= 0.6 is 0 Å². The van der Waals surface area contributed by atoms with Crippen molar-refractivity contribution in [2.24, 2.45) is 0 Å². The standard InChI is InChI=1S/C12H17N3O2/c16-11-4-3-9(8-15-11)12(17)14-7-5-10-2-1-6-13-10/h3-4,8,10,13H,1-2,5-7H2,(H,14,17)(H,15,16)/t10-/m0/s1. The zero-order chi connectivity index (χ0) is 12.1. The largest absolute Gasteiger partial charge is 0.352 e. The molecule has 1 aliphatic rings. The minimum atomic E-state index is -0.197. The predicted octanol–water partition coefficient (Wildman–Crippen LogP) is 0.247. The maximum atomic E-state index is 11.7. The summed E-state index contributed by atoms with van der Waals surface area (Å²) >= 11 is 0. The smallest absolute Gasteiger partial charge is 0.252 e. The van der Waals surface area contributed by atoms with Crippen molar-refractivity contribution in [1.29, 1.82) is 0 Å². The van der Waals surface area contributed by atoms with E-state index in [0.717, 1.165) is 13.0 Å². The molecule has 0 aromatic carbocycles. The van der Waals surface area contributed by atoms with Crippen LogP contribution in [0.2, 0.25) is 0 Å². The third kappa shape index (κ3) is 3.42. The molecule has 17 heavy (non-hydrogen) atoms.